The summed E-state index contributed by atoms with van der Waals surface area (Å²) in [5, 5.41) is 7.75. The van der Waals surface area contributed by atoms with Crippen molar-refractivity contribution in [2.75, 3.05) is 0 Å². The standard InChI is InChI=1S/C29H25N.C26H16N2/c1-2-22(25-15-9-16-26(19-25)23-11-5-3-6-12-23)21-29(30)28-18-10-17-27(20-28)24-13-7-4-8-14-24;1-2-9-19-17(7-1)18-8-4-6-12-23(18)28-24(19)15-16-13-14-22-25(26(16)28)20-10-3-5-11-21(20)27-22/h2-21H,30H2,1H3;1-15,27H/b22-2+,29-21-;. The molecule has 276 valence electrons. The van der Waals surface area contributed by atoms with Crippen molar-refractivity contribution in [3.63, 3.8) is 0 Å². The summed E-state index contributed by atoms with van der Waals surface area (Å²) in [5.41, 5.74) is 21.5. The molecule has 3 aromatic heterocycles. The fourth-order valence-electron chi connectivity index (χ4n) is 8.52. The summed E-state index contributed by atoms with van der Waals surface area (Å²) in [7, 11) is 0. The molecule has 3 nitrogen and oxygen atoms in total. The number of para-hydroxylation sites is 2. The minimum Gasteiger partial charge on any atom is -0.398 e. The maximum Gasteiger partial charge on any atom is 0.0635 e. The lowest BCUT2D eigenvalue weighted by Crippen LogP contribution is -1.97. The molecule has 8 aromatic carbocycles. The molecule has 0 radical (unpaired) electrons. The molecule has 0 aliphatic carbocycles. The van der Waals surface area contributed by atoms with Gasteiger partial charge in [0.25, 0.3) is 0 Å². The first kappa shape index (κ1) is 34.8. The van der Waals surface area contributed by atoms with E-state index in [0.29, 0.717) is 0 Å². The summed E-state index contributed by atoms with van der Waals surface area (Å²) in [6.07, 6.45) is 4.17. The van der Waals surface area contributed by atoms with Crippen LogP contribution in [0.1, 0.15) is 18.1 Å². The Kier molecular flexibility index (Phi) is 8.89. The van der Waals surface area contributed by atoms with Crippen molar-refractivity contribution in [2.45, 2.75) is 6.92 Å². The summed E-state index contributed by atoms with van der Waals surface area (Å²) >= 11 is 0. The zero-order chi connectivity index (χ0) is 39.0. The number of hydrogen-bond donors (Lipinski definition) is 2. The second-order valence-electron chi connectivity index (χ2n) is 14.8. The Balaban J connectivity index is 0.000000141. The molecule has 0 aliphatic rings. The quantitative estimate of drug-likeness (QED) is 0.134. The number of rotatable bonds is 5. The van der Waals surface area contributed by atoms with E-state index in [-0.39, 0.29) is 0 Å². The van der Waals surface area contributed by atoms with Gasteiger partial charge in [-0.2, -0.15) is 0 Å². The van der Waals surface area contributed by atoms with E-state index in [4.69, 9.17) is 5.73 Å². The van der Waals surface area contributed by atoms with Gasteiger partial charge in [0.2, 0.25) is 0 Å². The molecule has 3 N–H and O–H groups in total. The molecule has 0 saturated heterocycles. The number of pyridine rings is 1. The monoisotopic (exact) mass is 743 g/mol. The number of aromatic amines is 1. The number of benzene rings is 8. The van der Waals surface area contributed by atoms with Crippen LogP contribution in [0.2, 0.25) is 0 Å². The van der Waals surface area contributed by atoms with Crippen LogP contribution < -0.4 is 5.73 Å². The molecule has 3 heterocycles. The van der Waals surface area contributed by atoms with Crippen molar-refractivity contribution in [2.24, 2.45) is 5.73 Å². The van der Waals surface area contributed by atoms with Crippen LogP contribution in [0, 0.1) is 0 Å². The van der Waals surface area contributed by atoms with E-state index in [1.54, 1.807) is 0 Å². The minimum atomic E-state index is 0.756. The van der Waals surface area contributed by atoms with E-state index in [1.165, 1.54) is 76.6 Å². The number of nitrogens with zero attached hydrogens (tertiary/aromatic N) is 1. The Morgan fingerprint density at radius 2 is 1.02 bits per heavy atom. The molecule has 11 aromatic rings. The zero-order valence-electron chi connectivity index (χ0n) is 32.2. The van der Waals surface area contributed by atoms with Gasteiger partial charge in [-0.3, -0.25) is 0 Å². The smallest absolute Gasteiger partial charge is 0.0635 e. The Hall–Kier alpha value is -7.62. The molecule has 0 saturated carbocycles. The molecule has 0 spiro atoms. The van der Waals surface area contributed by atoms with Crippen LogP contribution in [-0.4, -0.2) is 9.38 Å². The van der Waals surface area contributed by atoms with Gasteiger partial charge < -0.3 is 15.1 Å². The van der Waals surface area contributed by atoms with Gasteiger partial charge in [-0.1, -0.05) is 170 Å². The van der Waals surface area contributed by atoms with E-state index in [0.717, 1.165) is 28.0 Å². The molecular formula is C55H41N3. The molecular weight excluding hydrogens is 703 g/mol. The normalized spacial score (nSPS) is 12.2. The minimum absolute atomic E-state index is 0.756. The van der Waals surface area contributed by atoms with E-state index in [2.05, 4.69) is 217 Å². The molecule has 0 unspecified atom stereocenters. The first-order chi connectivity index (χ1) is 28.6. The van der Waals surface area contributed by atoms with E-state index < -0.39 is 0 Å². The van der Waals surface area contributed by atoms with E-state index in [9.17, 15) is 0 Å². The molecule has 3 heteroatoms. The van der Waals surface area contributed by atoms with Crippen LogP contribution in [0.15, 0.2) is 212 Å². The van der Waals surface area contributed by atoms with Gasteiger partial charge in [-0.15, -0.1) is 0 Å². The molecule has 0 aliphatic heterocycles. The second-order valence-corrected chi connectivity index (χ2v) is 14.8. The Morgan fingerprint density at radius 3 is 1.71 bits per heavy atom. The van der Waals surface area contributed by atoms with Gasteiger partial charge >= 0.3 is 0 Å². The summed E-state index contributed by atoms with van der Waals surface area (Å²) in [5.74, 6) is 0. The highest BCUT2D eigenvalue weighted by Gasteiger charge is 2.16. The van der Waals surface area contributed by atoms with Crippen molar-refractivity contribution in [3.05, 3.63) is 223 Å². The molecule has 0 fully saturated rings. The lowest BCUT2D eigenvalue weighted by Gasteiger charge is -2.10. The Morgan fingerprint density at radius 1 is 0.466 bits per heavy atom. The predicted molar refractivity (Wildman–Crippen MR) is 249 cm³/mol. The number of nitrogens with one attached hydrogen (secondary N) is 1. The largest absolute Gasteiger partial charge is 0.398 e. The van der Waals surface area contributed by atoms with Gasteiger partial charge in [0.05, 0.1) is 16.6 Å². The van der Waals surface area contributed by atoms with Crippen molar-refractivity contribution < 1.29 is 0 Å². The number of aromatic nitrogens is 2. The van der Waals surface area contributed by atoms with Gasteiger partial charge in [0.15, 0.2) is 0 Å². The first-order valence-electron chi connectivity index (χ1n) is 19.8. The topological polar surface area (TPSA) is 46.2 Å². The van der Waals surface area contributed by atoms with Gasteiger partial charge in [-0.05, 0) is 93.7 Å². The fraction of sp³-hybridized carbons (Fsp3) is 0.0182. The predicted octanol–water partition coefficient (Wildman–Crippen LogP) is 14.5. The molecule has 0 bridgehead atoms. The average molecular weight is 744 g/mol. The van der Waals surface area contributed by atoms with Crippen LogP contribution in [0.5, 0.6) is 0 Å². The number of H-pyrrole nitrogens is 1. The highest BCUT2D eigenvalue weighted by molar-refractivity contribution is 6.24. The van der Waals surface area contributed by atoms with Crippen molar-refractivity contribution in [1.82, 2.24) is 9.38 Å². The van der Waals surface area contributed by atoms with Gasteiger partial charge in [-0.25, -0.2) is 0 Å². The van der Waals surface area contributed by atoms with Crippen LogP contribution in [-0.2, 0) is 0 Å². The third-order valence-corrected chi connectivity index (χ3v) is 11.3. The summed E-state index contributed by atoms with van der Waals surface area (Å²) in [6.45, 7) is 2.05. The number of hydrogen-bond acceptors (Lipinski definition) is 1. The lowest BCUT2D eigenvalue weighted by molar-refractivity contribution is 1.36. The van der Waals surface area contributed by atoms with Crippen molar-refractivity contribution in [3.8, 4) is 22.3 Å². The molecule has 0 atom stereocenters. The van der Waals surface area contributed by atoms with E-state index >= 15 is 0 Å². The maximum absolute atomic E-state index is 6.53. The molecule has 58 heavy (non-hydrogen) atoms. The number of nitrogens with two attached hydrogens (primary N) is 1. The summed E-state index contributed by atoms with van der Waals surface area (Å²) in [4.78, 5) is 3.60. The average Bonchev–Trinajstić information content (AvgIpc) is 3.88. The van der Waals surface area contributed by atoms with Crippen molar-refractivity contribution >= 4 is 71.2 Å². The Labute approximate surface area is 337 Å². The SMILES string of the molecule is C/C=C(\C=C(/N)c1cccc(-c2ccccc2)c1)c1cccc(-c2ccccc2)c1.c1ccc2c(c1)[nH]c1ccc3cc4c5ccccc5c5ccccc5n4c3c12. The third kappa shape index (κ3) is 6.20. The number of fused-ring (bicyclic) bond motifs is 12. The van der Waals surface area contributed by atoms with Crippen molar-refractivity contribution in [1.29, 1.82) is 0 Å². The van der Waals surface area contributed by atoms with Crippen LogP contribution in [0.4, 0.5) is 0 Å². The van der Waals surface area contributed by atoms with Gasteiger partial charge in [0, 0.05) is 43.7 Å². The number of allylic oxidation sites excluding steroid dienone is 3. The van der Waals surface area contributed by atoms with Gasteiger partial charge in [0.1, 0.15) is 0 Å². The maximum atomic E-state index is 6.53. The zero-order valence-corrected chi connectivity index (χ0v) is 32.2. The highest BCUT2D eigenvalue weighted by atomic mass is 14.9. The van der Waals surface area contributed by atoms with Crippen LogP contribution >= 0.6 is 0 Å². The Bertz CT molecular complexity index is 3350. The molecule has 0 amide bonds. The summed E-state index contributed by atoms with van der Waals surface area (Å²) in [6, 6.07) is 70.6. The molecule has 11 rings (SSSR count). The van der Waals surface area contributed by atoms with E-state index in [1.807, 2.05) is 12.1 Å². The van der Waals surface area contributed by atoms with Crippen LogP contribution in [0.3, 0.4) is 0 Å². The summed E-state index contributed by atoms with van der Waals surface area (Å²) < 4.78 is 2.45. The highest BCUT2D eigenvalue weighted by Crippen LogP contribution is 2.39. The second kappa shape index (κ2) is 14.8. The first-order valence-corrected chi connectivity index (χ1v) is 19.8. The lowest BCUT2D eigenvalue weighted by atomic mass is 9.97. The fourth-order valence-corrected chi connectivity index (χ4v) is 8.52. The van der Waals surface area contributed by atoms with Crippen LogP contribution in [0.25, 0.3) is 93.4 Å². The third-order valence-electron chi connectivity index (χ3n) is 11.3.